The molecule has 0 heterocycles. The van der Waals surface area contributed by atoms with Crippen molar-refractivity contribution in [1.82, 2.24) is 0 Å². The van der Waals surface area contributed by atoms with E-state index >= 15 is 0 Å². The van der Waals surface area contributed by atoms with Crippen LogP contribution in [0.3, 0.4) is 0 Å². The molecule has 0 bridgehead atoms. The molecule has 0 spiro atoms. The summed E-state index contributed by atoms with van der Waals surface area (Å²) >= 11 is 0. The smallest absolute Gasteiger partial charge is 1.00 e. The summed E-state index contributed by atoms with van der Waals surface area (Å²) in [5, 5.41) is 0. The average molecular weight is 284 g/mol. The summed E-state index contributed by atoms with van der Waals surface area (Å²) in [4.78, 5) is 0. The van der Waals surface area contributed by atoms with Crippen LogP contribution in [0.2, 0.25) is 0 Å². The van der Waals surface area contributed by atoms with Crippen molar-refractivity contribution in [2.75, 3.05) is 0 Å². The van der Waals surface area contributed by atoms with Gasteiger partial charge in [-0.05, 0) is 24.5 Å². The van der Waals surface area contributed by atoms with Crippen molar-refractivity contribution in [2.45, 2.75) is 13.3 Å². The average Bonchev–Trinajstić information content (AvgIpc) is 2.27. The van der Waals surface area contributed by atoms with Gasteiger partial charge in [0.1, 0.15) is 0 Å². The molecule has 4 heteroatoms. The molecule has 1 aliphatic rings. The number of allylic oxidation sites excluding steroid dienone is 1. The second kappa shape index (κ2) is 8.82. The second-order valence-electron chi connectivity index (χ2n) is 2.87. The zero-order valence-corrected chi connectivity index (χ0v) is 11.6. The van der Waals surface area contributed by atoms with Crippen LogP contribution in [-0.4, -0.2) is 0 Å². The first-order valence-corrected chi connectivity index (χ1v) is 3.61. The number of fused-ring (bicyclic) bond motifs is 1. The van der Waals surface area contributed by atoms with Crippen molar-refractivity contribution in [3.63, 3.8) is 0 Å². The van der Waals surface area contributed by atoms with Gasteiger partial charge in [0.05, 0.1) is 0 Å². The summed E-state index contributed by atoms with van der Waals surface area (Å²) < 4.78 is 0. The minimum absolute atomic E-state index is 0. The Morgan fingerprint density at radius 3 is 2.14 bits per heavy atom. The number of hydrogen-bond donors (Lipinski definition) is 0. The van der Waals surface area contributed by atoms with Crippen LogP contribution in [-0.2, 0) is 28.1 Å². The predicted octanol–water partition coefficient (Wildman–Crippen LogP) is -6.34. The summed E-state index contributed by atoms with van der Waals surface area (Å²) in [6.07, 6.45) is 3.41. The van der Waals surface area contributed by atoms with Gasteiger partial charge in [-0.25, -0.2) is 0 Å². The molecule has 2 rings (SSSR count). The topological polar surface area (TPSA) is 0 Å². The fraction of sp³-hybridized carbons (Fsp3) is 0.200. The van der Waals surface area contributed by atoms with E-state index in [1.54, 1.807) is 0 Å². The van der Waals surface area contributed by atoms with Crippen molar-refractivity contribution in [1.29, 1.82) is 0 Å². The molecule has 14 heavy (non-hydrogen) atoms. The van der Waals surface area contributed by atoms with Gasteiger partial charge in [-0.1, -0.05) is 35.9 Å². The third kappa shape index (κ3) is 4.38. The van der Waals surface area contributed by atoms with Crippen LogP contribution in [0.4, 0.5) is 0 Å². The van der Waals surface area contributed by atoms with Crippen LogP contribution < -0.4 is 37.2 Å². The molecule has 1 aromatic carbocycles. The van der Waals surface area contributed by atoms with E-state index in [1.165, 1.54) is 16.7 Å². The third-order valence-corrected chi connectivity index (χ3v) is 1.93. The van der Waals surface area contributed by atoms with Crippen molar-refractivity contribution in [3.8, 4) is 0 Å². The molecule has 1 aromatic rings. The Kier molecular flexibility index (Phi) is 12.6. The minimum Gasteiger partial charge on any atom is -1.00 e. The first-order chi connectivity index (χ1) is 4.86. The van der Waals surface area contributed by atoms with E-state index in [2.05, 4.69) is 37.3 Å². The molecule has 0 amide bonds. The van der Waals surface area contributed by atoms with Gasteiger partial charge >= 0.3 is 21.7 Å². The van der Waals surface area contributed by atoms with E-state index in [0.717, 1.165) is 6.42 Å². The Labute approximate surface area is 119 Å². The molecule has 1 aliphatic carbocycles. The minimum atomic E-state index is 0. The van der Waals surface area contributed by atoms with Crippen molar-refractivity contribution >= 4 is 6.08 Å². The van der Waals surface area contributed by atoms with Gasteiger partial charge in [-0.2, -0.15) is 0 Å². The number of rotatable bonds is 0. The largest absolute Gasteiger partial charge is 3.00 e. The zero-order valence-electron chi connectivity index (χ0n) is 7.73. The molecule has 0 fully saturated rings. The van der Waals surface area contributed by atoms with Gasteiger partial charge in [-0.15, -0.1) is 0 Å². The summed E-state index contributed by atoms with van der Waals surface area (Å²) in [6.45, 7) is 2.18. The monoisotopic (exact) mass is 283 g/mol. The Bertz CT molecular complexity index is 297. The van der Waals surface area contributed by atoms with E-state index in [4.69, 9.17) is 0 Å². The Balaban J connectivity index is -0.000000302. The van der Waals surface area contributed by atoms with Gasteiger partial charge in [0, 0.05) is 0 Å². The maximum Gasteiger partial charge on any atom is 3.00 e. The molecule has 0 unspecified atom stereocenters. The molecule has 0 N–H and O–H groups in total. The van der Waals surface area contributed by atoms with Crippen LogP contribution in [0.1, 0.15) is 18.1 Å². The maximum atomic E-state index is 2.26. The SMILES string of the molecule is CC1=Cc2ccccc2C1.[Cl-].[Cl-].[Cl-].[Ti+3]. The molecular formula is C10H10Cl3Ti. The molecule has 0 nitrogen and oxygen atoms in total. The molecular weight excluding hydrogens is 274 g/mol. The second-order valence-corrected chi connectivity index (χ2v) is 2.87. The molecule has 1 radical (unpaired) electrons. The van der Waals surface area contributed by atoms with Crippen LogP contribution in [0.5, 0.6) is 0 Å². The number of hydrogen-bond acceptors (Lipinski definition) is 0. The van der Waals surface area contributed by atoms with Gasteiger partial charge < -0.3 is 37.2 Å². The predicted molar refractivity (Wildman–Crippen MR) is 43.8 cm³/mol. The maximum absolute atomic E-state index is 2.26. The van der Waals surface area contributed by atoms with Gasteiger partial charge in [-0.3, -0.25) is 0 Å². The van der Waals surface area contributed by atoms with Crippen LogP contribution in [0, 0.1) is 0 Å². The molecule has 0 saturated carbocycles. The Hall–Kier alpha value is 0.544. The van der Waals surface area contributed by atoms with Gasteiger partial charge in [0.15, 0.2) is 0 Å². The summed E-state index contributed by atoms with van der Waals surface area (Å²) in [6, 6.07) is 8.56. The number of halogens is 3. The van der Waals surface area contributed by atoms with E-state index in [1.807, 2.05) is 0 Å². The fourth-order valence-corrected chi connectivity index (χ4v) is 1.45. The van der Waals surface area contributed by atoms with Gasteiger partial charge in [0.25, 0.3) is 0 Å². The first-order valence-electron chi connectivity index (χ1n) is 3.61. The Morgan fingerprint density at radius 1 is 1.00 bits per heavy atom. The molecule has 0 aliphatic heterocycles. The van der Waals surface area contributed by atoms with E-state index in [-0.39, 0.29) is 58.9 Å². The summed E-state index contributed by atoms with van der Waals surface area (Å²) in [5.41, 5.74) is 4.35. The number of benzene rings is 1. The van der Waals surface area contributed by atoms with E-state index < -0.39 is 0 Å². The third-order valence-electron chi connectivity index (χ3n) is 1.93. The van der Waals surface area contributed by atoms with Gasteiger partial charge in [0.2, 0.25) is 0 Å². The normalized spacial score (nSPS) is 10.5. The van der Waals surface area contributed by atoms with Crippen LogP contribution >= 0.6 is 0 Å². The Morgan fingerprint density at radius 2 is 1.57 bits per heavy atom. The molecule has 0 aromatic heterocycles. The van der Waals surface area contributed by atoms with Crippen LogP contribution in [0.25, 0.3) is 6.08 Å². The van der Waals surface area contributed by atoms with E-state index in [9.17, 15) is 0 Å². The first kappa shape index (κ1) is 20.0. The molecule has 0 saturated heterocycles. The van der Waals surface area contributed by atoms with E-state index in [0.29, 0.717) is 0 Å². The van der Waals surface area contributed by atoms with Crippen molar-refractivity contribution in [3.05, 3.63) is 41.0 Å². The standard InChI is InChI=1S/C10H10.3ClH.Ti/c1-8-6-9-4-2-3-5-10(9)7-8;;;;/h2-6H,7H2,1H3;3*1H;/q;;;;+3/p-3. The zero-order chi connectivity index (χ0) is 6.97. The summed E-state index contributed by atoms with van der Waals surface area (Å²) in [5.74, 6) is 0. The van der Waals surface area contributed by atoms with Crippen LogP contribution in [0.15, 0.2) is 29.8 Å². The fourth-order valence-electron chi connectivity index (χ4n) is 1.45. The van der Waals surface area contributed by atoms with Crippen molar-refractivity contribution in [2.24, 2.45) is 0 Å². The van der Waals surface area contributed by atoms with Crippen molar-refractivity contribution < 1.29 is 58.9 Å². The molecule has 0 atom stereocenters. The summed E-state index contributed by atoms with van der Waals surface area (Å²) in [7, 11) is 0. The quantitative estimate of drug-likeness (QED) is 0.416. The molecule has 75 valence electrons.